The highest BCUT2D eigenvalue weighted by Crippen LogP contribution is 2.14. The number of ether oxygens (including phenoxy) is 1. The van der Waals surface area contributed by atoms with E-state index in [2.05, 4.69) is 0 Å². The molecule has 0 aromatic heterocycles. The number of carboxylic acid groups (broad SMARTS) is 1. The molecule has 1 atom stereocenters. The van der Waals surface area contributed by atoms with Gasteiger partial charge in [-0.1, -0.05) is 0 Å². The predicted octanol–water partition coefficient (Wildman–Crippen LogP) is 1.21. The van der Waals surface area contributed by atoms with E-state index in [1.165, 1.54) is 13.0 Å². The molecular weight excluding hydrogens is 210 g/mol. The van der Waals surface area contributed by atoms with E-state index in [-0.39, 0.29) is 0 Å². The summed E-state index contributed by atoms with van der Waals surface area (Å²) in [5, 5.41) is 8.58. The van der Waals surface area contributed by atoms with Crippen molar-refractivity contribution in [1.82, 2.24) is 0 Å². The molecule has 0 aliphatic rings. The van der Waals surface area contributed by atoms with Gasteiger partial charge in [0.2, 0.25) is 0 Å². The number of benzene rings is 1. The van der Waals surface area contributed by atoms with Crippen molar-refractivity contribution in [2.24, 2.45) is 0 Å². The predicted molar refractivity (Wildman–Crippen MR) is 58.1 cm³/mol. The quantitative estimate of drug-likeness (QED) is 0.593. The van der Waals surface area contributed by atoms with Gasteiger partial charge in [0, 0.05) is 5.69 Å². The van der Waals surface area contributed by atoms with Crippen LogP contribution in [0.15, 0.2) is 18.2 Å². The standard InChI is InChI=1S/C11H13NO4/c1-6-5-8(3-4-9(6)12)11(15)16-7(2)10(13)14/h3-5,7H,12H2,1-2H3,(H,13,14). The van der Waals surface area contributed by atoms with Gasteiger partial charge < -0.3 is 15.6 Å². The van der Waals surface area contributed by atoms with Crippen LogP contribution < -0.4 is 5.73 Å². The number of carbonyl (C=O) groups excluding carboxylic acids is 1. The van der Waals surface area contributed by atoms with E-state index in [1.54, 1.807) is 19.1 Å². The van der Waals surface area contributed by atoms with Crippen LogP contribution in [0.3, 0.4) is 0 Å². The second kappa shape index (κ2) is 4.65. The number of carboxylic acids is 1. The van der Waals surface area contributed by atoms with Crippen molar-refractivity contribution >= 4 is 17.6 Å². The van der Waals surface area contributed by atoms with E-state index in [1.807, 2.05) is 0 Å². The van der Waals surface area contributed by atoms with Gasteiger partial charge in [0.15, 0.2) is 6.10 Å². The zero-order valence-corrected chi connectivity index (χ0v) is 9.06. The number of hydrogen-bond acceptors (Lipinski definition) is 4. The van der Waals surface area contributed by atoms with E-state index in [4.69, 9.17) is 15.6 Å². The molecule has 1 aromatic rings. The summed E-state index contributed by atoms with van der Waals surface area (Å²) in [5.41, 5.74) is 7.20. The molecular formula is C11H13NO4. The highest BCUT2D eigenvalue weighted by molar-refractivity contribution is 5.91. The number of esters is 1. The maximum absolute atomic E-state index is 11.5. The van der Waals surface area contributed by atoms with Crippen LogP contribution in [0.1, 0.15) is 22.8 Å². The first-order valence-corrected chi connectivity index (χ1v) is 4.71. The van der Waals surface area contributed by atoms with Gasteiger partial charge in [0.1, 0.15) is 0 Å². The number of aryl methyl sites for hydroxylation is 1. The zero-order chi connectivity index (χ0) is 12.3. The average Bonchev–Trinajstić information content (AvgIpc) is 2.21. The van der Waals surface area contributed by atoms with Gasteiger partial charge in [-0.25, -0.2) is 9.59 Å². The van der Waals surface area contributed by atoms with Crippen LogP contribution in [0, 0.1) is 6.92 Å². The number of nitrogen functional groups attached to an aromatic ring is 1. The van der Waals surface area contributed by atoms with Gasteiger partial charge in [0.05, 0.1) is 5.56 Å². The van der Waals surface area contributed by atoms with Crippen LogP contribution in [0.25, 0.3) is 0 Å². The minimum Gasteiger partial charge on any atom is -0.479 e. The van der Waals surface area contributed by atoms with Gasteiger partial charge >= 0.3 is 11.9 Å². The Balaban J connectivity index is 2.81. The highest BCUT2D eigenvalue weighted by atomic mass is 16.6. The zero-order valence-electron chi connectivity index (χ0n) is 9.06. The maximum atomic E-state index is 11.5. The van der Waals surface area contributed by atoms with E-state index in [0.29, 0.717) is 11.3 Å². The first-order chi connectivity index (χ1) is 7.41. The van der Waals surface area contributed by atoms with Crippen molar-refractivity contribution < 1.29 is 19.4 Å². The van der Waals surface area contributed by atoms with Crippen LogP contribution in [-0.2, 0) is 9.53 Å². The number of carbonyl (C=O) groups is 2. The largest absolute Gasteiger partial charge is 0.479 e. The molecule has 3 N–H and O–H groups in total. The van der Waals surface area contributed by atoms with Crippen LogP contribution in [0.5, 0.6) is 0 Å². The normalized spacial score (nSPS) is 11.9. The monoisotopic (exact) mass is 223 g/mol. The van der Waals surface area contributed by atoms with Crippen molar-refractivity contribution in [3.05, 3.63) is 29.3 Å². The van der Waals surface area contributed by atoms with Crippen molar-refractivity contribution in [3.63, 3.8) is 0 Å². The molecule has 1 unspecified atom stereocenters. The molecule has 0 fully saturated rings. The summed E-state index contributed by atoms with van der Waals surface area (Å²) in [6.07, 6.45) is -1.16. The fourth-order valence-electron chi connectivity index (χ4n) is 1.08. The summed E-state index contributed by atoms with van der Waals surface area (Å²) in [7, 11) is 0. The second-order valence-corrected chi connectivity index (χ2v) is 3.46. The molecule has 5 heteroatoms. The van der Waals surface area contributed by atoms with E-state index in [9.17, 15) is 9.59 Å². The lowest BCUT2D eigenvalue weighted by molar-refractivity contribution is -0.146. The summed E-state index contributed by atoms with van der Waals surface area (Å²) in [4.78, 5) is 22.0. The van der Waals surface area contributed by atoms with Crippen LogP contribution >= 0.6 is 0 Å². The van der Waals surface area contributed by atoms with Gasteiger partial charge in [-0.15, -0.1) is 0 Å². The fraction of sp³-hybridized carbons (Fsp3) is 0.273. The fourth-order valence-corrected chi connectivity index (χ4v) is 1.08. The third kappa shape index (κ3) is 2.73. The Bertz CT molecular complexity index is 428. The molecule has 0 bridgehead atoms. The summed E-state index contributed by atoms with van der Waals surface area (Å²) in [6.45, 7) is 3.05. The summed E-state index contributed by atoms with van der Waals surface area (Å²) < 4.78 is 4.71. The first-order valence-electron chi connectivity index (χ1n) is 4.71. The molecule has 0 heterocycles. The van der Waals surface area contributed by atoms with Crippen LogP contribution in [0.4, 0.5) is 5.69 Å². The summed E-state index contributed by atoms with van der Waals surface area (Å²) >= 11 is 0. The molecule has 0 aliphatic heterocycles. The molecule has 5 nitrogen and oxygen atoms in total. The molecule has 0 saturated carbocycles. The molecule has 1 aromatic carbocycles. The topological polar surface area (TPSA) is 89.6 Å². The Hall–Kier alpha value is -2.04. The second-order valence-electron chi connectivity index (χ2n) is 3.46. The minimum atomic E-state index is -1.18. The number of anilines is 1. The molecule has 1 rings (SSSR count). The van der Waals surface area contributed by atoms with Crippen molar-refractivity contribution in [2.45, 2.75) is 20.0 Å². The van der Waals surface area contributed by atoms with Crippen molar-refractivity contribution in [2.75, 3.05) is 5.73 Å². The Kier molecular flexibility index (Phi) is 3.50. The van der Waals surface area contributed by atoms with Crippen LogP contribution in [0.2, 0.25) is 0 Å². The maximum Gasteiger partial charge on any atom is 0.344 e. The third-order valence-electron chi connectivity index (χ3n) is 2.14. The molecule has 0 radical (unpaired) electrons. The number of nitrogens with two attached hydrogens (primary N) is 1. The molecule has 0 spiro atoms. The number of aliphatic carboxylic acids is 1. The lowest BCUT2D eigenvalue weighted by Gasteiger charge is -2.09. The van der Waals surface area contributed by atoms with Gasteiger partial charge in [0.25, 0.3) is 0 Å². The Morgan fingerprint density at radius 3 is 2.56 bits per heavy atom. The lowest BCUT2D eigenvalue weighted by Crippen LogP contribution is -2.23. The van der Waals surface area contributed by atoms with E-state index < -0.39 is 18.0 Å². The van der Waals surface area contributed by atoms with Gasteiger partial charge in [-0.3, -0.25) is 0 Å². The van der Waals surface area contributed by atoms with E-state index >= 15 is 0 Å². The van der Waals surface area contributed by atoms with Crippen LogP contribution in [-0.4, -0.2) is 23.1 Å². The van der Waals surface area contributed by atoms with Crippen molar-refractivity contribution in [3.8, 4) is 0 Å². The smallest absolute Gasteiger partial charge is 0.344 e. The first kappa shape index (κ1) is 12.0. The molecule has 0 saturated heterocycles. The average molecular weight is 223 g/mol. The third-order valence-corrected chi connectivity index (χ3v) is 2.14. The Labute approximate surface area is 92.8 Å². The highest BCUT2D eigenvalue weighted by Gasteiger charge is 2.17. The SMILES string of the molecule is Cc1cc(C(=O)OC(C)C(=O)O)ccc1N. The van der Waals surface area contributed by atoms with E-state index in [0.717, 1.165) is 5.56 Å². The lowest BCUT2D eigenvalue weighted by atomic mass is 10.1. The van der Waals surface area contributed by atoms with Gasteiger partial charge in [-0.05, 0) is 37.6 Å². The number of rotatable bonds is 3. The molecule has 86 valence electrons. The molecule has 16 heavy (non-hydrogen) atoms. The summed E-state index contributed by atoms with van der Waals surface area (Å²) in [5.74, 6) is -1.85. The minimum absolute atomic E-state index is 0.291. The molecule has 0 aliphatic carbocycles. The number of hydrogen-bond donors (Lipinski definition) is 2. The molecule has 0 amide bonds. The Morgan fingerprint density at radius 2 is 2.06 bits per heavy atom. The van der Waals surface area contributed by atoms with Gasteiger partial charge in [-0.2, -0.15) is 0 Å². The summed E-state index contributed by atoms with van der Waals surface area (Å²) in [6, 6.07) is 4.64. The van der Waals surface area contributed by atoms with Crippen molar-refractivity contribution in [1.29, 1.82) is 0 Å². The Morgan fingerprint density at radius 1 is 1.44 bits per heavy atom.